The molecule has 44 heavy (non-hydrogen) atoms. The van der Waals surface area contributed by atoms with Crippen LogP contribution in [0, 0.1) is 0 Å². The lowest BCUT2D eigenvalue weighted by Crippen LogP contribution is -1.98. The van der Waals surface area contributed by atoms with Crippen LogP contribution in [0.2, 0.25) is 0 Å². The fraction of sp³-hybridized carbons (Fsp3) is 0. The van der Waals surface area contributed by atoms with E-state index < -0.39 is 0 Å². The van der Waals surface area contributed by atoms with Gasteiger partial charge in [-0.1, -0.05) is 155 Å². The average molecular weight is 627 g/mol. The standard InChI is InChI=1S/C42H28BrN/c43-34-17-11-16-32(26-34)35-18-7-8-19-36(35)33-23-25-39-38-20-9-10-21-40(38)44(42(39)28-33)41-27-31(29-12-3-1-4-13-29)22-24-37(41)30-14-5-2-6-15-30/h1-28H. The van der Waals surface area contributed by atoms with Crippen molar-refractivity contribution in [2.75, 3.05) is 0 Å². The molecule has 208 valence electrons. The van der Waals surface area contributed by atoms with Crippen molar-refractivity contribution in [3.8, 4) is 50.2 Å². The molecule has 1 aromatic heterocycles. The molecule has 0 aliphatic rings. The lowest BCUT2D eigenvalue weighted by molar-refractivity contribution is 1.18. The molecule has 0 N–H and O–H groups in total. The Bertz CT molecular complexity index is 2280. The number of rotatable bonds is 5. The van der Waals surface area contributed by atoms with E-state index in [0.717, 1.165) is 4.47 Å². The highest BCUT2D eigenvalue weighted by Crippen LogP contribution is 2.41. The van der Waals surface area contributed by atoms with Gasteiger partial charge in [-0.3, -0.25) is 0 Å². The monoisotopic (exact) mass is 625 g/mol. The molecule has 0 aliphatic carbocycles. The van der Waals surface area contributed by atoms with Gasteiger partial charge in [0.15, 0.2) is 0 Å². The van der Waals surface area contributed by atoms with Crippen LogP contribution >= 0.6 is 15.9 Å². The van der Waals surface area contributed by atoms with Crippen LogP contribution in [0.25, 0.3) is 72.0 Å². The molecule has 7 aromatic carbocycles. The minimum atomic E-state index is 1.08. The van der Waals surface area contributed by atoms with Crippen LogP contribution in [0.4, 0.5) is 0 Å². The van der Waals surface area contributed by atoms with Crippen LogP contribution in [0.5, 0.6) is 0 Å². The number of fused-ring (bicyclic) bond motifs is 3. The van der Waals surface area contributed by atoms with Gasteiger partial charge in [0.1, 0.15) is 0 Å². The third kappa shape index (κ3) is 4.65. The van der Waals surface area contributed by atoms with E-state index in [9.17, 15) is 0 Å². The van der Waals surface area contributed by atoms with E-state index in [-0.39, 0.29) is 0 Å². The lowest BCUT2D eigenvalue weighted by atomic mass is 9.94. The Balaban J connectivity index is 1.42. The van der Waals surface area contributed by atoms with Gasteiger partial charge in [-0.25, -0.2) is 0 Å². The molecule has 0 bridgehead atoms. The Kier molecular flexibility index (Phi) is 6.70. The number of hydrogen-bond donors (Lipinski definition) is 0. The molecule has 0 saturated carbocycles. The molecule has 0 fully saturated rings. The molecule has 1 heterocycles. The highest BCUT2D eigenvalue weighted by atomic mass is 79.9. The maximum Gasteiger partial charge on any atom is 0.0547 e. The first-order valence-corrected chi connectivity index (χ1v) is 15.7. The van der Waals surface area contributed by atoms with Crippen LogP contribution in [0.15, 0.2) is 174 Å². The van der Waals surface area contributed by atoms with Gasteiger partial charge in [-0.15, -0.1) is 0 Å². The molecule has 0 atom stereocenters. The number of benzene rings is 7. The lowest BCUT2D eigenvalue weighted by Gasteiger charge is -2.17. The molecule has 2 heteroatoms. The predicted octanol–water partition coefficient (Wildman–Crippen LogP) is 12.2. The fourth-order valence-electron chi connectivity index (χ4n) is 6.43. The highest BCUT2D eigenvalue weighted by molar-refractivity contribution is 9.10. The number of aromatic nitrogens is 1. The second-order valence-electron chi connectivity index (χ2n) is 11.1. The van der Waals surface area contributed by atoms with Gasteiger partial charge in [0.25, 0.3) is 0 Å². The summed E-state index contributed by atoms with van der Waals surface area (Å²) in [5.41, 5.74) is 13.2. The Morgan fingerprint density at radius 2 is 0.932 bits per heavy atom. The van der Waals surface area contributed by atoms with E-state index in [1.807, 2.05) is 0 Å². The van der Waals surface area contributed by atoms with E-state index >= 15 is 0 Å². The summed E-state index contributed by atoms with van der Waals surface area (Å²) < 4.78 is 3.54. The second kappa shape index (κ2) is 11.1. The third-order valence-electron chi connectivity index (χ3n) is 8.48. The fourth-order valence-corrected chi connectivity index (χ4v) is 6.83. The van der Waals surface area contributed by atoms with Crippen molar-refractivity contribution in [2.24, 2.45) is 0 Å². The summed E-state index contributed by atoms with van der Waals surface area (Å²) in [5, 5.41) is 2.49. The molecule has 0 radical (unpaired) electrons. The van der Waals surface area contributed by atoms with Gasteiger partial charge in [-0.05, 0) is 69.3 Å². The van der Waals surface area contributed by atoms with Crippen LogP contribution in [0.3, 0.4) is 0 Å². The van der Waals surface area contributed by atoms with Crippen LogP contribution in [0.1, 0.15) is 0 Å². The zero-order valence-electron chi connectivity index (χ0n) is 24.0. The molecule has 0 spiro atoms. The van der Waals surface area contributed by atoms with Crippen molar-refractivity contribution >= 4 is 37.7 Å². The maximum atomic E-state index is 3.67. The smallest absolute Gasteiger partial charge is 0.0547 e. The normalized spacial score (nSPS) is 11.3. The van der Waals surface area contributed by atoms with E-state index in [0.29, 0.717) is 0 Å². The van der Waals surface area contributed by atoms with Crippen molar-refractivity contribution in [3.05, 3.63) is 174 Å². The number of para-hydroxylation sites is 1. The zero-order chi connectivity index (χ0) is 29.5. The van der Waals surface area contributed by atoms with E-state index in [2.05, 4.69) is 190 Å². The average Bonchev–Trinajstić information content (AvgIpc) is 3.42. The van der Waals surface area contributed by atoms with Crippen molar-refractivity contribution in [1.82, 2.24) is 4.57 Å². The topological polar surface area (TPSA) is 4.93 Å². The first-order chi connectivity index (χ1) is 21.7. The van der Waals surface area contributed by atoms with Gasteiger partial charge in [-0.2, -0.15) is 0 Å². The van der Waals surface area contributed by atoms with Gasteiger partial charge >= 0.3 is 0 Å². The number of halogens is 1. The van der Waals surface area contributed by atoms with Gasteiger partial charge < -0.3 is 4.57 Å². The predicted molar refractivity (Wildman–Crippen MR) is 190 cm³/mol. The molecule has 0 aliphatic heterocycles. The van der Waals surface area contributed by atoms with Crippen molar-refractivity contribution < 1.29 is 0 Å². The Morgan fingerprint density at radius 1 is 0.341 bits per heavy atom. The second-order valence-corrected chi connectivity index (χ2v) is 12.0. The molecule has 0 unspecified atom stereocenters. The molecule has 1 nitrogen and oxygen atoms in total. The third-order valence-corrected chi connectivity index (χ3v) is 8.97. The van der Waals surface area contributed by atoms with Crippen LogP contribution in [-0.2, 0) is 0 Å². The zero-order valence-corrected chi connectivity index (χ0v) is 25.6. The molecule has 0 amide bonds. The maximum absolute atomic E-state index is 3.67. The van der Waals surface area contributed by atoms with Crippen molar-refractivity contribution in [2.45, 2.75) is 0 Å². The first-order valence-electron chi connectivity index (χ1n) is 14.9. The summed E-state index contributed by atoms with van der Waals surface area (Å²) in [7, 11) is 0. The van der Waals surface area contributed by atoms with Crippen LogP contribution in [-0.4, -0.2) is 4.57 Å². The Labute approximate surface area is 265 Å². The summed E-state index contributed by atoms with van der Waals surface area (Å²) in [6, 6.07) is 61.2. The minimum Gasteiger partial charge on any atom is -0.309 e. The number of nitrogens with zero attached hydrogens (tertiary/aromatic N) is 1. The van der Waals surface area contributed by atoms with Gasteiger partial charge in [0.05, 0.1) is 16.7 Å². The quantitative estimate of drug-likeness (QED) is 0.179. The van der Waals surface area contributed by atoms with Crippen LogP contribution < -0.4 is 0 Å². The summed E-state index contributed by atoms with van der Waals surface area (Å²) in [6.45, 7) is 0. The Morgan fingerprint density at radius 3 is 1.68 bits per heavy atom. The molecule has 8 rings (SSSR count). The van der Waals surface area contributed by atoms with Crippen molar-refractivity contribution in [1.29, 1.82) is 0 Å². The minimum absolute atomic E-state index is 1.08. The summed E-state index contributed by atoms with van der Waals surface area (Å²) in [5.74, 6) is 0. The Hall–Kier alpha value is -5.18. The van der Waals surface area contributed by atoms with E-state index in [4.69, 9.17) is 0 Å². The summed E-state index contributed by atoms with van der Waals surface area (Å²) >= 11 is 3.67. The largest absolute Gasteiger partial charge is 0.309 e. The van der Waals surface area contributed by atoms with E-state index in [1.54, 1.807) is 0 Å². The highest BCUT2D eigenvalue weighted by Gasteiger charge is 2.18. The SMILES string of the molecule is Brc1cccc(-c2ccccc2-c2ccc3c4ccccc4n(-c4cc(-c5ccccc5)ccc4-c4ccccc4)c3c2)c1. The van der Waals surface area contributed by atoms with E-state index in [1.165, 1.54) is 72.0 Å². The molecular weight excluding hydrogens is 598 g/mol. The molecule has 0 saturated heterocycles. The summed E-state index contributed by atoms with van der Waals surface area (Å²) in [6.07, 6.45) is 0. The summed E-state index contributed by atoms with van der Waals surface area (Å²) in [4.78, 5) is 0. The molecular formula is C42H28BrN. The molecule has 8 aromatic rings. The van der Waals surface area contributed by atoms with Gasteiger partial charge in [0.2, 0.25) is 0 Å². The number of hydrogen-bond acceptors (Lipinski definition) is 0. The first kappa shape index (κ1) is 26.4. The van der Waals surface area contributed by atoms with Gasteiger partial charge in [0, 0.05) is 20.8 Å². The van der Waals surface area contributed by atoms with Crippen molar-refractivity contribution in [3.63, 3.8) is 0 Å².